The van der Waals surface area contributed by atoms with Gasteiger partial charge in [-0.05, 0) is 61.3 Å². The average Bonchev–Trinajstić information content (AvgIpc) is 2.96. The number of aromatic nitrogens is 1. The van der Waals surface area contributed by atoms with Gasteiger partial charge in [-0.25, -0.2) is 0 Å². The Morgan fingerprint density at radius 3 is 2.47 bits per heavy atom. The van der Waals surface area contributed by atoms with Gasteiger partial charge < -0.3 is 20.1 Å². The second kappa shape index (κ2) is 12.3. The fourth-order valence-electron chi connectivity index (χ4n) is 4.57. The van der Waals surface area contributed by atoms with Crippen LogP contribution < -0.4 is 20.1 Å². The summed E-state index contributed by atoms with van der Waals surface area (Å²) in [5.74, 6) is 1.74. The first-order valence-electron chi connectivity index (χ1n) is 13.0. The summed E-state index contributed by atoms with van der Waals surface area (Å²) in [6, 6.07) is 35.0. The highest BCUT2D eigenvalue weighted by Crippen LogP contribution is 2.32. The summed E-state index contributed by atoms with van der Waals surface area (Å²) >= 11 is 0. The van der Waals surface area contributed by atoms with Crippen molar-refractivity contribution in [3.63, 3.8) is 0 Å². The number of nitrogens with one attached hydrogen (secondary N) is 2. The fourth-order valence-corrected chi connectivity index (χ4v) is 4.57. The second-order valence-corrected chi connectivity index (χ2v) is 9.20. The molecule has 0 fully saturated rings. The Balaban J connectivity index is 1.12. The first kappa shape index (κ1) is 25.3. The largest absolute Gasteiger partial charge is 0.496 e. The summed E-state index contributed by atoms with van der Waals surface area (Å²) in [5.41, 5.74) is 7.49. The molecule has 0 spiro atoms. The molecule has 0 aliphatic rings. The van der Waals surface area contributed by atoms with E-state index in [1.54, 1.807) is 7.11 Å². The highest BCUT2D eigenvalue weighted by Gasteiger charge is 2.09. The Morgan fingerprint density at radius 2 is 1.58 bits per heavy atom. The maximum absolute atomic E-state index is 6.05. The summed E-state index contributed by atoms with van der Waals surface area (Å²) in [5, 5.41) is 8.17. The maximum atomic E-state index is 6.05. The number of aryl methyl sites for hydroxylation is 1. The third kappa shape index (κ3) is 6.13. The number of rotatable bonds is 11. The lowest BCUT2D eigenvalue weighted by Gasteiger charge is -2.14. The normalized spacial score (nSPS) is 10.9. The number of methoxy groups -OCH3 is 1. The third-order valence-electron chi connectivity index (χ3n) is 6.52. The van der Waals surface area contributed by atoms with E-state index in [2.05, 4.69) is 53.1 Å². The van der Waals surface area contributed by atoms with Gasteiger partial charge in [-0.3, -0.25) is 4.98 Å². The van der Waals surface area contributed by atoms with Crippen molar-refractivity contribution in [3.8, 4) is 22.6 Å². The van der Waals surface area contributed by atoms with Gasteiger partial charge in [0.15, 0.2) is 0 Å². The predicted molar refractivity (Wildman–Crippen MR) is 156 cm³/mol. The van der Waals surface area contributed by atoms with Gasteiger partial charge in [-0.1, -0.05) is 66.7 Å². The van der Waals surface area contributed by atoms with E-state index in [1.807, 2.05) is 67.6 Å². The van der Waals surface area contributed by atoms with Crippen molar-refractivity contribution >= 4 is 22.3 Å². The molecule has 5 nitrogen and oxygen atoms in total. The van der Waals surface area contributed by atoms with Gasteiger partial charge in [0, 0.05) is 29.2 Å². The Bertz CT molecular complexity index is 1520. The quantitative estimate of drug-likeness (QED) is 0.183. The van der Waals surface area contributed by atoms with Crippen LogP contribution in [0.5, 0.6) is 11.5 Å². The van der Waals surface area contributed by atoms with Crippen LogP contribution in [0.1, 0.15) is 17.7 Å². The molecular formula is C33H33N3O2. The Labute approximate surface area is 224 Å². The molecule has 4 aromatic carbocycles. The van der Waals surface area contributed by atoms with Crippen molar-refractivity contribution in [2.75, 3.05) is 25.6 Å². The van der Waals surface area contributed by atoms with Gasteiger partial charge in [0.2, 0.25) is 0 Å². The molecule has 0 unspecified atom stereocenters. The molecule has 0 radical (unpaired) electrons. The number of fused-ring (bicyclic) bond motifs is 1. The van der Waals surface area contributed by atoms with E-state index in [1.165, 1.54) is 11.1 Å². The molecular weight excluding hydrogens is 470 g/mol. The van der Waals surface area contributed by atoms with Crippen molar-refractivity contribution < 1.29 is 9.47 Å². The van der Waals surface area contributed by atoms with Gasteiger partial charge in [-0.2, -0.15) is 0 Å². The fraction of sp³-hybridized carbons (Fsp3) is 0.182. The highest BCUT2D eigenvalue weighted by molar-refractivity contribution is 5.83. The lowest BCUT2D eigenvalue weighted by atomic mass is 9.99. The van der Waals surface area contributed by atoms with E-state index < -0.39 is 0 Å². The Morgan fingerprint density at radius 1 is 0.789 bits per heavy atom. The van der Waals surface area contributed by atoms with E-state index in [4.69, 9.17) is 14.5 Å². The Kier molecular flexibility index (Phi) is 8.16. The average molecular weight is 504 g/mol. The second-order valence-electron chi connectivity index (χ2n) is 9.20. The van der Waals surface area contributed by atoms with Crippen LogP contribution >= 0.6 is 0 Å². The van der Waals surface area contributed by atoms with Crippen molar-refractivity contribution in [2.24, 2.45) is 0 Å². The van der Waals surface area contributed by atoms with Crippen molar-refractivity contribution in [1.29, 1.82) is 0 Å². The number of hydrogen-bond acceptors (Lipinski definition) is 5. The Hall–Kier alpha value is -4.35. The maximum Gasteiger partial charge on any atom is 0.126 e. The number of pyridine rings is 1. The molecule has 1 aromatic heterocycles. The summed E-state index contributed by atoms with van der Waals surface area (Å²) in [6.07, 6.45) is 0.905. The van der Waals surface area contributed by atoms with Crippen LogP contribution in [0.25, 0.3) is 22.0 Å². The number of benzene rings is 4. The molecule has 0 bridgehead atoms. The summed E-state index contributed by atoms with van der Waals surface area (Å²) < 4.78 is 11.6. The molecule has 0 atom stereocenters. The van der Waals surface area contributed by atoms with E-state index in [0.29, 0.717) is 6.61 Å². The molecule has 0 aliphatic heterocycles. The molecule has 5 rings (SSSR count). The SMILES string of the molecule is COc1ccccc1-c1ccccc1CNCCCOc1cccc(Nc2cc3ccccc3nc2C)c1. The molecule has 38 heavy (non-hydrogen) atoms. The molecule has 5 heteroatoms. The van der Waals surface area contributed by atoms with Gasteiger partial charge in [-0.15, -0.1) is 0 Å². The molecule has 2 N–H and O–H groups in total. The van der Waals surface area contributed by atoms with E-state index in [-0.39, 0.29) is 0 Å². The van der Waals surface area contributed by atoms with Crippen molar-refractivity contribution in [3.05, 3.63) is 114 Å². The minimum absolute atomic E-state index is 0.640. The molecule has 0 saturated heterocycles. The van der Waals surface area contributed by atoms with Crippen LogP contribution in [0.15, 0.2) is 103 Å². The molecule has 0 aliphatic carbocycles. The number of ether oxygens (including phenoxy) is 2. The molecule has 0 amide bonds. The zero-order valence-corrected chi connectivity index (χ0v) is 21.9. The van der Waals surface area contributed by atoms with Crippen LogP contribution in [0.2, 0.25) is 0 Å². The predicted octanol–water partition coefficient (Wildman–Crippen LogP) is 7.52. The zero-order chi connectivity index (χ0) is 26.2. The zero-order valence-electron chi connectivity index (χ0n) is 21.9. The number of para-hydroxylation sites is 2. The van der Waals surface area contributed by atoms with Crippen LogP contribution in [0, 0.1) is 6.92 Å². The first-order valence-corrected chi connectivity index (χ1v) is 13.0. The molecule has 192 valence electrons. The third-order valence-corrected chi connectivity index (χ3v) is 6.52. The lowest BCUT2D eigenvalue weighted by molar-refractivity contribution is 0.308. The number of nitrogens with zero attached hydrogens (tertiary/aromatic N) is 1. The van der Waals surface area contributed by atoms with Gasteiger partial charge in [0.25, 0.3) is 0 Å². The lowest BCUT2D eigenvalue weighted by Crippen LogP contribution is -2.17. The van der Waals surface area contributed by atoms with Crippen molar-refractivity contribution in [1.82, 2.24) is 10.3 Å². The molecule has 1 heterocycles. The molecule has 5 aromatic rings. The van der Waals surface area contributed by atoms with E-state index in [9.17, 15) is 0 Å². The summed E-state index contributed by atoms with van der Waals surface area (Å²) in [4.78, 5) is 4.72. The number of hydrogen-bond donors (Lipinski definition) is 2. The minimum atomic E-state index is 0.640. The minimum Gasteiger partial charge on any atom is -0.496 e. The van der Waals surface area contributed by atoms with Crippen LogP contribution in [0.4, 0.5) is 11.4 Å². The topological polar surface area (TPSA) is 55.4 Å². The van der Waals surface area contributed by atoms with Crippen LogP contribution in [0.3, 0.4) is 0 Å². The summed E-state index contributed by atoms with van der Waals surface area (Å²) in [6.45, 7) is 4.31. The smallest absolute Gasteiger partial charge is 0.126 e. The van der Waals surface area contributed by atoms with Crippen LogP contribution in [-0.2, 0) is 6.54 Å². The summed E-state index contributed by atoms with van der Waals surface area (Å²) in [7, 11) is 1.72. The number of anilines is 2. The van der Waals surface area contributed by atoms with Gasteiger partial charge >= 0.3 is 0 Å². The van der Waals surface area contributed by atoms with E-state index >= 15 is 0 Å². The van der Waals surface area contributed by atoms with Gasteiger partial charge in [0.1, 0.15) is 11.5 Å². The van der Waals surface area contributed by atoms with E-state index in [0.717, 1.165) is 64.5 Å². The standard InChI is InChI=1S/C33H33N3O2/c1-24-32(21-25-11-4-7-17-31(25)35-24)36-27-13-9-14-28(22-27)38-20-10-19-34-23-26-12-3-5-15-29(26)30-16-6-8-18-33(30)37-2/h3-9,11-18,21-22,34,36H,10,19-20,23H2,1-2H3. The molecule has 0 saturated carbocycles. The van der Waals surface area contributed by atoms with Crippen LogP contribution in [-0.4, -0.2) is 25.2 Å². The first-order chi connectivity index (χ1) is 18.7. The monoisotopic (exact) mass is 503 g/mol. The van der Waals surface area contributed by atoms with Crippen molar-refractivity contribution in [2.45, 2.75) is 19.9 Å². The highest BCUT2D eigenvalue weighted by atomic mass is 16.5. The van der Waals surface area contributed by atoms with Gasteiger partial charge in [0.05, 0.1) is 30.6 Å².